The summed E-state index contributed by atoms with van der Waals surface area (Å²) >= 11 is 0. The number of rotatable bonds is 10. The van der Waals surface area contributed by atoms with Gasteiger partial charge in [-0.2, -0.15) is 0 Å². The van der Waals surface area contributed by atoms with Gasteiger partial charge in [-0.15, -0.1) is 0 Å². The van der Waals surface area contributed by atoms with E-state index in [0.717, 1.165) is 0 Å². The first-order chi connectivity index (χ1) is 13.2. The van der Waals surface area contributed by atoms with Crippen LogP contribution in [0.5, 0.6) is 11.5 Å². The molecule has 1 aromatic carbocycles. The number of nitrogens with one attached hydrogen (secondary N) is 2. The standard InChI is InChI=1S/C18H27N3O7/c1-6-28-18(23)20-16(11(2)3)17(22)19-8-7-12-9-14(26-4)15(27-5)10-13(12)21(24)25/h9-11,16H,6-8H2,1-5H3,(H,19,22)(H,20,23). The first-order valence-electron chi connectivity index (χ1n) is 8.85. The first-order valence-corrected chi connectivity index (χ1v) is 8.85. The number of nitro benzene ring substituents is 1. The molecule has 10 nitrogen and oxygen atoms in total. The molecule has 10 heteroatoms. The summed E-state index contributed by atoms with van der Waals surface area (Å²) in [7, 11) is 2.83. The third-order valence-electron chi connectivity index (χ3n) is 3.97. The second kappa shape index (κ2) is 11.0. The molecular weight excluding hydrogens is 370 g/mol. The van der Waals surface area contributed by atoms with Gasteiger partial charge >= 0.3 is 6.09 Å². The van der Waals surface area contributed by atoms with Crippen LogP contribution in [0.2, 0.25) is 0 Å². The van der Waals surface area contributed by atoms with Crippen molar-refractivity contribution in [1.82, 2.24) is 10.6 Å². The highest BCUT2D eigenvalue weighted by atomic mass is 16.6. The lowest BCUT2D eigenvalue weighted by Crippen LogP contribution is -2.50. The van der Waals surface area contributed by atoms with E-state index in [2.05, 4.69) is 10.6 Å². The molecular formula is C18H27N3O7. The zero-order valence-electron chi connectivity index (χ0n) is 16.7. The number of carbonyl (C=O) groups is 2. The Labute approximate surface area is 163 Å². The van der Waals surface area contributed by atoms with E-state index in [4.69, 9.17) is 14.2 Å². The van der Waals surface area contributed by atoms with Crippen molar-refractivity contribution >= 4 is 17.7 Å². The van der Waals surface area contributed by atoms with Crippen LogP contribution in [0.3, 0.4) is 0 Å². The summed E-state index contributed by atoms with van der Waals surface area (Å²) in [4.78, 5) is 34.8. The van der Waals surface area contributed by atoms with Crippen LogP contribution < -0.4 is 20.1 Å². The van der Waals surface area contributed by atoms with Crippen LogP contribution in [-0.4, -0.2) is 50.3 Å². The minimum absolute atomic E-state index is 0.128. The molecule has 1 aromatic rings. The number of amides is 2. The van der Waals surface area contributed by atoms with Gasteiger partial charge in [-0.3, -0.25) is 14.9 Å². The number of nitro groups is 1. The molecule has 0 fully saturated rings. The fourth-order valence-electron chi connectivity index (χ4n) is 2.55. The highest BCUT2D eigenvalue weighted by Gasteiger charge is 2.25. The van der Waals surface area contributed by atoms with Crippen LogP contribution in [-0.2, 0) is 16.0 Å². The third kappa shape index (κ3) is 6.29. The van der Waals surface area contributed by atoms with E-state index < -0.39 is 23.0 Å². The van der Waals surface area contributed by atoms with Gasteiger partial charge in [0.25, 0.3) is 5.69 Å². The molecule has 2 amide bonds. The van der Waals surface area contributed by atoms with Crippen LogP contribution in [0.4, 0.5) is 10.5 Å². The molecule has 0 aliphatic rings. The van der Waals surface area contributed by atoms with E-state index in [0.29, 0.717) is 11.3 Å². The monoisotopic (exact) mass is 397 g/mol. The van der Waals surface area contributed by atoms with E-state index >= 15 is 0 Å². The largest absolute Gasteiger partial charge is 0.493 e. The Hall–Kier alpha value is -3.04. The van der Waals surface area contributed by atoms with Gasteiger partial charge in [0, 0.05) is 12.1 Å². The van der Waals surface area contributed by atoms with E-state index in [-0.39, 0.29) is 36.9 Å². The molecule has 0 bridgehead atoms. The average molecular weight is 397 g/mol. The molecule has 1 atom stereocenters. The van der Waals surface area contributed by atoms with Gasteiger partial charge in [-0.25, -0.2) is 4.79 Å². The van der Waals surface area contributed by atoms with Crippen LogP contribution >= 0.6 is 0 Å². The molecule has 0 radical (unpaired) electrons. The van der Waals surface area contributed by atoms with Crippen molar-refractivity contribution in [3.63, 3.8) is 0 Å². The first kappa shape index (κ1) is 23.0. The third-order valence-corrected chi connectivity index (χ3v) is 3.97. The highest BCUT2D eigenvalue weighted by Crippen LogP contribution is 2.34. The maximum atomic E-state index is 12.4. The Morgan fingerprint density at radius 2 is 1.79 bits per heavy atom. The number of carbonyl (C=O) groups excluding carboxylic acids is 2. The lowest BCUT2D eigenvalue weighted by Gasteiger charge is -2.21. The van der Waals surface area contributed by atoms with Crippen molar-refractivity contribution in [2.75, 3.05) is 27.4 Å². The molecule has 0 saturated heterocycles. The summed E-state index contributed by atoms with van der Waals surface area (Å²) in [5.74, 6) is 0.0463. The highest BCUT2D eigenvalue weighted by molar-refractivity contribution is 5.85. The van der Waals surface area contributed by atoms with Crippen molar-refractivity contribution in [3.8, 4) is 11.5 Å². The summed E-state index contributed by atoms with van der Waals surface area (Å²) in [6.07, 6.45) is -0.473. The molecule has 0 saturated carbocycles. The molecule has 1 rings (SSSR count). The summed E-state index contributed by atoms with van der Waals surface area (Å²) in [6, 6.07) is 2.02. The second-order valence-electron chi connectivity index (χ2n) is 6.22. The van der Waals surface area contributed by atoms with Crippen LogP contribution in [0, 0.1) is 16.0 Å². The van der Waals surface area contributed by atoms with E-state index in [1.54, 1.807) is 20.8 Å². The van der Waals surface area contributed by atoms with Gasteiger partial charge in [-0.1, -0.05) is 13.8 Å². The van der Waals surface area contributed by atoms with Crippen LogP contribution in [0.1, 0.15) is 26.3 Å². The maximum Gasteiger partial charge on any atom is 0.407 e. The zero-order chi connectivity index (χ0) is 21.3. The molecule has 0 aliphatic carbocycles. The van der Waals surface area contributed by atoms with E-state index in [1.807, 2.05) is 0 Å². The van der Waals surface area contributed by atoms with Crippen molar-refractivity contribution in [2.45, 2.75) is 33.2 Å². The van der Waals surface area contributed by atoms with E-state index in [1.165, 1.54) is 26.4 Å². The second-order valence-corrected chi connectivity index (χ2v) is 6.22. The number of hydrogen-bond donors (Lipinski definition) is 2. The normalized spacial score (nSPS) is 11.5. The molecule has 2 N–H and O–H groups in total. The van der Waals surface area contributed by atoms with Crippen molar-refractivity contribution in [1.29, 1.82) is 0 Å². The van der Waals surface area contributed by atoms with Crippen LogP contribution in [0.15, 0.2) is 12.1 Å². The average Bonchev–Trinajstić information content (AvgIpc) is 2.65. The van der Waals surface area contributed by atoms with Gasteiger partial charge in [-0.05, 0) is 25.3 Å². The number of methoxy groups -OCH3 is 2. The fourth-order valence-corrected chi connectivity index (χ4v) is 2.55. The maximum absolute atomic E-state index is 12.4. The Balaban J connectivity index is 2.84. The quantitative estimate of drug-likeness (QED) is 0.456. The van der Waals surface area contributed by atoms with Gasteiger partial charge in [0.1, 0.15) is 6.04 Å². The summed E-state index contributed by atoms with van der Waals surface area (Å²) in [5, 5.41) is 16.5. The lowest BCUT2D eigenvalue weighted by atomic mass is 10.0. The lowest BCUT2D eigenvalue weighted by molar-refractivity contribution is -0.385. The Kier molecular flexibility index (Phi) is 9.00. The number of benzene rings is 1. The van der Waals surface area contributed by atoms with Gasteiger partial charge in [0.05, 0.1) is 31.8 Å². The number of alkyl carbamates (subject to hydrolysis) is 1. The molecule has 0 aromatic heterocycles. The number of ether oxygens (including phenoxy) is 3. The van der Waals surface area contributed by atoms with E-state index in [9.17, 15) is 19.7 Å². The summed E-state index contributed by atoms with van der Waals surface area (Å²) in [6.45, 7) is 5.58. The number of hydrogen-bond acceptors (Lipinski definition) is 7. The predicted molar refractivity (Wildman–Crippen MR) is 102 cm³/mol. The topological polar surface area (TPSA) is 129 Å². The number of nitrogens with zero attached hydrogens (tertiary/aromatic N) is 1. The molecule has 0 heterocycles. The fraction of sp³-hybridized carbons (Fsp3) is 0.556. The molecule has 28 heavy (non-hydrogen) atoms. The Morgan fingerprint density at radius 3 is 2.29 bits per heavy atom. The van der Waals surface area contributed by atoms with Gasteiger partial charge < -0.3 is 24.8 Å². The molecule has 1 unspecified atom stereocenters. The minimum Gasteiger partial charge on any atom is -0.493 e. The molecule has 0 aliphatic heterocycles. The van der Waals surface area contributed by atoms with Gasteiger partial charge in [0.2, 0.25) is 5.91 Å². The zero-order valence-corrected chi connectivity index (χ0v) is 16.7. The van der Waals surface area contributed by atoms with Crippen LogP contribution in [0.25, 0.3) is 0 Å². The SMILES string of the molecule is CCOC(=O)NC(C(=O)NCCc1cc(OC)c(OC)cc1[N+](=O)[O-])C(C)C. The summed E-state index contributed by atoms with van der Waals surface area (Å²) in [5.41, 5.74) is 0.263. The Bertz CT molecular complexity index is 707. The molecule has 156 valence electrons. The van der Waals surface area contributed by atoms with Crippen molar-refractivity contribution in [3.05, 3.63) is 27.8 Å². The smallest absolute Gasteiger partial charge is 0.407 e. The van der Waals surface area contributed by atoms with Gasteiger partial charge in [0.15, 0.2) is 11.5 Å². The minimum atomic E-state index is -0.778. The van der Waals surface area contributed by atoms with Crippen molar-refractivity contribution in [2.24, 2.45) is 5.92 Å². The Morgan fingerprint density at radius 1 is 1.18 bits per heavy atom. The van der Waals surface area contributed by atoms with Crippen molar-refractivity contribution < 1.29 is 28.7 Å². The molecule has 0 spiro atoms. The summed E-state index contributed by atoms with van der Waals surface area (Å²) < 4.78 is 15.1. The predicted octanol–water partition coefficient (Wildman–Crippen LogP) is 2.04.